The Labute approximate surface area is 172 Å². The third-order valence-corrected chi connectivity index (χ3v) is 4.85. The van der Waals surface area contributed by atoms with Crippen molar-refractivity contribution in [2.24, 2.45) is 5.92 Å². The number of halogens is 1. The van der Waals surface area contributed by atoms with E-state index in [1.807, 2.05) is 43.6 Å². The van der Waals surface area contributed by atoms with E-state index >= 15 is 0 Å². The highest BCUT2D eigenvalue weighted by Gasteiger charge is 2.30. The molecule has 154 valence electrons. The van der Waals surface area contributed by atoms with Gasteiger partial charge in [0.15, 0.2) is 0 Å². The molecule has 1 aromatic rings. The number of nitrogens with zero attached hydrogens (tertiary/aromatic N) is 1. The highest BCUT2D eigenvalue weighted by Crippen LogP contribution is 2.34. The molecule has 0 bridgehead atoms. The maximum atomic E-state index is 12.1. The number of amides is 1. The number of rotatable bonds is 6. The summed E-state index contributed by atoms with van der Waals surface area (Å²) >= 11 is 0. The summed E-state index contributed by atoms with van der Waals surface area (Å²) in [6.07, 6.45) is 8.36. The molecular weight excluding hydrogens is 380 g/mol. The molecule has 0 fully saturated rings. The Hall–Kier alpha value is -2.47. The fourth-order valence-corrected chi connectivity index (χ4v) is 3.25. The van der Waals surface area contributed by atoms with Crippen molar-refractivity contribution in [1.82, 2.24) is 10.2 Å². The average molecular weight is 409 g/mol. The number of benzene rings is 1. The molecule has 2 atom stereocenters. The quantitative estimate of drug-likeness (QED) is 0.744. The second-order valence-corrected chi connectivity index (χ2v) is 7.25. The third-order valence-electron chi connectivity index (χ3n) is 4.85. The zero-order valence-electron chi connectivity index (χ0n) is 16.7. The van der Waals surface area contributed by atoms with Crippen molar-refractivity contribution in [3.8, 4) is 5.75 Å². The van der Waals surface area contributed by atoms with Crippen molar-refractivity contribution in [3.63, 3.8) is 0 Å². The van der Waals surface area contributed by atoms with E-state index in [1.54, 1.807) is 19.9 Å². The first-order chi connectivity index (χ1) is 12.8. The van der Waals surface area contributed by atoms with Crippen molar-refractivity contribution >= 4 is 24.5 Å². The summed E-state index contributed by atoms with van der Waals surface area (Å²) < 4.78 is 5.36. The van der Waals surface area contributed by atoms with Gasteiger partial charge >= 0.3 is 12.1 Å². The van der Waals surface area contributed by atoms with Gasteiger partial charge in [-0.1, -0.05) is 45.1 Å². The molecule has 2 rings (SSSR count). The molecule has 1 amide bonds. The third kappa shape index (κ3) is 5.76. The Morgan fingerprint density at radius 3 is 2.64 bits per heavy atom. The van der Waals surface area contributed by atoms with Crippen LogP contribution < -0.4 is 10.1 Å². The zero-order chi connectivity index (χ0) is 20.0. The van der Waals surface area contributed by atoms with E-state index in [0.29, 0.717) is 5.75 Å². The number of allylic oxidation sites excluding steroid dienone is 2. The van der Waals surface area contributed by atoms with Gasteiger partial charge in [0.25, 0.3) is 0 Å². The number of ether oxygens (including phenoxy) is 1. The van der Waals surface area contributed by atoms with Gasteiger partial charge in [0.05, 0.1) is 0 Å². The number of carbonyl (C=O) groups excluding carboxylic acids is 1. The Bertz CT molecular complexity index is 748. The first-order valence-electron chi connectivity index (χ1n) is 9.15. The Morgan fingerprint density at radius 1 is 1.32 bits per heavy atom. The van der Waals surface area contributed by atoms with Crippen molar-refractivity contribution in [1.29, 1.82) is 0 Å². The monoisotopic (exact) mass is 408 g/mol. The van der Waals surface area contributed by atoms with Crippen LogP contribution in [0.4, 0.5) is 4.79 Å². The maximum absolute atomic E-state index is 12.1. The fourth-order valence-electron chi connectivity index (χ4n) is 3.25. The summed E-state index contributed by atoms with van der Waals surface area (Å²) in [6.45, 7) is 6.39. The molecule has 2 unspecified atom stereocenters. The van der Waals surface area contributed by atoms with Crippen molar-refractivity contribution < 1.29 is 19.4 Å². The van der Waals surface area contributed by atoms with Gasteiger partial charge < -0.3 is 20.1 Å². The van der Waals surface area contributed by atoms with E-state index in [2.05, 4.69) is 23.2 Å². The second kappa shape index (κ2) is 10.2. The van der Waals surface area contributed by atoms with Gasteiger partial charge in [-0.2, -0.15) is 0 Å². The molecule has 0 aliphatic carbocycles. The molecule has 1 aromatic carbocycles. The largest absolute Gasteiger partial charge is 0.480 e. The molecule has 1 aliphatic rings. The standard InChI is InChI=1S/C21H28N2O4.ClH/c1-5-21(11-6-7-12-23(4)14-21)16-9-8-10-17(13-16)27-20(26)22-18(15(2)3)19(24)25;/h6-13,15,18H,5,14H2,1-4H3,(H,22,26)(H,24,25);1H. The van der Waals surface area contributed by atoms with Gasteiger partial charge in [0.2, 0.25) is 0 Å². The van der Waals surface area contributed by atoms with Crippen LogP contribution >= 0.6 is 12.4 Å². The van der Waals surface area contributed by atoms with Gasteiger partial charge in [-0.3, -0.25) is 0 Å². The van der Waals surface area contributed by atoms with Crippen LogP contribution in [0.1, 0.15) is 32.8 Å². The normalized spacial score (nSPS) is 19.5. The summed E-state index contributed by atoms with van der Waals surface area (Å²) in [7, 11) is 2.03. The molecule has 0 saturated heterocycles. The molecule has 0 radical (unpaired) electrons. The molecule has 1 heterocycles. The first-order valence-corrected chi connectivity index (χ1v) is 9.15. The van der Waals surface area contributed by atoms with Gasteiger partial charge in [0, 0.05) is 19.0 Å². The van der Waals surface area contributed by atoms with E-state index in [9.17, 15) is 14.7 Å². The molecule has 1 aliphatic heterocycles. The summed E-state index contributed by atoms with van der Waals surface area (Å²) in [4.78, 5) is 25.5. The number of hydrogen-bond acceptors (Lipinski definition) is 4. The lowest BCUT2D eigenvalue weighted by molar-refractivity contribution is -0.140. The first kappa shape index (κ1) is 23.6. The van der Waals surface area contributed by atoms with E-state index in [1.165, 1.54) is 0 Å². The Kier molecular flexibility index (Phi) is 8.57. The molecule has 7 heteroatoms. The van der Waals surface area contributed by atoms with E-state index in [4.69, 9.17) is 4.74 Å². The minimum atomic E-state index is -1.08. The number of hydrogen-bond donors (Lipinski definition) is 2. The lowest BCUT2D eigenvalue weighted by atomic mass is 9.77. The topological polar surface area (TPSA) is 78.9 Å². The Morgan fingerprint density at radius 2 is 2.04 bits per heavy atom. The Balaban J connectivity index is 0.00000392. The van der Waals surface area contributed by atoms with Crippen LogP contribution in [-0.2, 0) is 10.2 Å². The van der Waals surface area contributed by atoms with Crippen LogP contribution in [0.25, 0.3) is 0 Å². The van der Waals surface area contributed by atoms with Crippen molar-refractivity contribution in [2.45, 2.75) is 38.6 Å². The van der Waals surface area contributed by atoms with Crippen molar-refractivity contribution in [2.75, 3.05) is 13.6 Å². The number of likely N-dealkylation sites (N-methyl/N-ethyl adjacent to an activating group) is 1. The molecule has 6 nitrogen and oxygen atoms in total. The molecule has 0 saturated carbocycles. The SMILES string of the molecule is CCC1(c2cccc(OC(=O)NC(C(=O)O)C(C)C)c2)C=CC=CN(C)C1.Cl. The second-order valence-electron chi connectivity index (χ2n) is 7.25. The van der Waals surface area contributed by atoms with Crippen LogP contribution in [-0.4, -0.2) is 41.7 Å². The summed E-state index contributed by atoms with van der Waals surface area (Å²) in [5.41, 5.74) is 0.844. The fraction of sp³-hybridized carbons (Fsp3) is 0.429. The van der Waals surface area contributed by atoms with Gasteiger partial charge in [-0.25, -0.2) is 9.59 Å². The molecule has 0 aromatic heterocycles. The van der Waals surface area contributed by atoms with Gasteiger partial charge in [0.1, 0.15) is 11.8 Å². The zero-order valence-corrected chi connectivity index (χ0v) is 17.5. The van der Waals surface area contributed by atoms with Crippen LogP contribution in [0, 0.1) is 5.92 Å². The molecule has 0 spiro atoms. The molecular formula is C21H29ClN2O4. The summed E-state index contributed by atoms with van der Waals surface area (Å²) in [5, 5.41) is 11.6. The van der Waals surface area contributed by atoms with Gasteiger partial charge in [-0.05, 0) is 42.3 Å². The smallest absolute Gasteiger partial charge is 0.413 e. The maximum Gasteiger partial charge on any atom is 0.413 e. The number of carboxylic acid groups (broad SMARTS) is 1. The summed E-state index contributed by atoms with van der Waals surface area (Å²) in [6, 6.07) is 6.41. The number of carboxylic acids is 1. The van der Waals surface area contributed by atoms with Crippen LogP contribution in [0.15, 0.2) is 48.7 Å². The minimum absolute atomic E-state index is 0. The molecule has 2 N–H and O–H groups in total. The number of nitrogens with one attached hydrogen (secondary N) is 1. The predicted octanol–water partition coefficient (Wildman–Crippen LogP) is 3.97. The van der Waals surface area contributed by atoms with Gasteiger partial charge in [-0.15, -0.1) is 12.4 Å². The number of aliphatic carboxylic acids is 1. The van der Waals surface area contributed by atoms with E-state index in [-0.39, 0.29) is 23.7 Å². The van der Waals surface area contributed by atoms with E-state index in [0.717, 1.165) is 18.5 Å². The van der Waals surface area contributed by atoms with E-state index < -0.39 is 18.1 Å². The lowest BCUT2D eigenvalue weighted by Crippen LogP contribution is -2.45. The average Bonchev–Trinajstić information content (AvgIpc) is 2.81. The molecule has 28 heavy (non-hydrogen) atoms. The lowest BCUT2D eigenvalue weighted by Gasteiger charge is -2.33. The summed E-state index contributed by atoms with van der Waals surface area (Å²) in [5.74, 6) is -0.942. The van der Waals surface area contributed by atoms with Crippen LogP contribution in [0.3, 0.4) is 0 Å². The highest BCUT2D eigenvalue weighted by atomic mass is 35.5. The minimum Gasteiger partial charge on any atom is -0.480 e. The van der Waals surface area contributed by atoms with Crippen LogP contribution in [0.5, 0.6) is 5.75 Å². The van der Waals surface area contributed by atoms with Crippen molar-refractivity contribution in [3.05, 3.63) is 54.3 Å². The predicted molar refractivity (Wildman–Crippen MR) is 112 cm³/mol. The number of carbonyl (C=O) groups is 2. The highest BCUT2D eigenvalue weighted by molar-refractivity contribution is 5.85. The van der Waals surface area contributed by atoms with Crippen LogP contribution in [0.2, 0.25) is 0 Å².